The lowest BCUT2D eigenvalue weighted by Crippen LogP contribution is -2.03. The monoisotopic (exact) mass is 283 g/mol. The van der Waals surface area contributed by atoms with Crippen LogP contribution in [0.15, 0.2) is 60.3 Å². The van der Waals surface area contributed by atoms with Crippen LogP contribution < -0.4 is 0 Å². The molecule has 0 spiro atoms. The van der Waals surface area contributed by atoms with E-state index in [1.54, 1.807) is 13.2 Å². The number of allylic oxidation sites excluding steroid dienone is 1. The zero-order valence-corrected chi connectivity index (χ0v) is 11.9. The molecule has 0 saturated heterocycles. The normalized spacial score (nSPS) is 11.4. The summed E-state index contributed by atoms with van der Waals surface area (Å²) in [7, 11) is 1.61. The molecule has 0 unspecified atom stereocenters. The molecule has 0 fully saturated rings. The Balaban J connectivity index is 2.32. The summed E-state index contributed by atoms with van der Waals surface area (Å²) in [5.74, 6) is 0. The summed E-state index contributed by atoms with van der Waals surface area (Å²) in [5.41, 5.74) is 2.85. The number of rotatable bonds is 6. The summed E-state index contributed by atoms with van der Waals surface area (Å²) in [6, 6.07) is 17.0. The molecular weight excluding hydrogens is 266 g/mol. The molecule has 0 saturated carbocycles. The van der Waals surface area contributed by atoms with Gasteiger partial charge in [0.1, 0.15) is 0 Å². The maximum atomic E-state index is 11.3. The summed E-state index contributed by atoms with van der Waals surface area (Å²) < 4.78 is 5.13. The molecule has 0 aromatic heterocycles. The third-order valence-electron chi connectivity index (χ3n) is 3.14. The topological polar surface area (TPSA) is 52.4 Å². The van der Waals surface area contributed by atoms with Gasteiger partial charge in [-0.1, -0.05) is 54.6 Å². The molecule has 2 aromatic rings. The Morgan fingerprint density at radius 2 is 1.81 bits per heavy atom. The maximum Gasteiger partial charge on any atom is 0.251 e. The lowest BCUT2D eigenvalue weighted by Gasteiger charge is -2.05. The number of benzene rings is 2. The van der Waals surface area contributed by atoms with Crippen LogP contribution in [0, 0.1) is 10.1 Å². The molecule has 0 aliphatic rings. The van der Waals surface area contributed by atoms with Gasteiger partial charge in [0.05, 0.1) is 18.0 Å². The SMILES string of the molecule is COCc1ccccc1C=C(Cc1ccccc1)[N+](=O)[O-]. The third kappa shape index (κ3) is 4.26. The minimum absolute atomic E-state index is 0.171. The van der Waals surface area contributed by atoms with Crippen molar-refractivity contribution in [3.8, 4) is 0 Å². The van der Waals surface area contributed by atoms with Gasteiger partial charge in [0.25, 0.3) is 5.70 Å². The minimum atomic E-state index is -0.323. The molecule has 2 rings (SSSR count). The standard InChI is InChI=1S/C17H17NO3/c1-21-13-16-10-6-5-9-15(16)12-17(18(19)20)11-14-7-3-2-4-8-14/h2-10,12H,11,13H2,1H3. The van der Waals surface area contributed by atoms with Gasteiger partial charge in [-0.05, 0) is 16.7 Å². The first-order valence-electron chi connectivity index (χ1n) is 6.66. The number of ether oxygens (including phenoxy) is 1. The van der Waals surface area contributed by atoms with Gasteiger partial charge in [-0.25, -0.2) is 0 Å². The maximum absolute atomic E-state index is 11.3. The highest BCUT2D eigenvalue weighted by Crippen LogP contribution is 2.17. The van der Waals surface area contributed by atoms with Crippen molar-refractivity contribution in [3.05, 3.63) is 87.1 Å². The molecule has 21 heavy (non-hydrogen) atoms. The lowest BCUT2D eigenvalue weighted by molar-refractivity contribution is -0.425. The first kappa shape index (κ1) is 14.9. The summed E-state index contributed by atoms with van der Waals surface area (Å²) in [5, 5.41) is 11.3. The number of hydrogen-bond donors (Lipinski definition) is 0. The highest BCUT2D eigenvalue weighted by Gasteiger charge is 2.13. The van der Waals surface area contributed by atoms with Gasteiger partial charge >= 0.3 is 0 Å². The molecule has 0 bridgehead atoms. The van der Waals surface area contributed by atoms with Crippen LogP contribution in [0.25, 0.3) is 6.08 Å². The molecule has 0 aliphatic heterocycles. The van der Waals surface area contributed by atoms with Gasteiger partial charge in [0.2, 0.25) is 0 Å². The van der Waals surface area contributed by atoms with Crippen LogP contribution in [0.4, 0.5) is 0 Å². The van der Waals surface area contributed by atoms with Crippen molar-refractivity contribution >= 4 is 6.08 Å². The average molecular weight is 283 g/mol. The molecule has 0 radical (unpaired) electrons. The van der Waals surface area contributed by atoms with Crippen molar-refractivity contribution in [3.63, 3.8) is 0 Å². The Kier molecular flexibility index (Phi) is 5.23. The van der Waals surface area contributed by atoms with E-state index in [4.69, 9.17) is 4.74 Å². The summed E-state index contributed by atoms with van der Waals surface area (Å²) in [6.07, 6.45) is 1.93. The molecular formula is C17H17NO3. The highest BCUT2D eigenvalue weighted by atomic mass is 16.6. The largest absolute Gasteiger partial charge is 0.380 e. The average Bonchev–Trinajstić information content (AvgIpc) is 2.49. The molecule has 0 amide bonds. The predicted molar refractivity (Wildman–Crippen MR) is 82.3 cm³/mol. The molecule has 0 heterocycles. The Hall–Kier alpha value is -2.46. The van der Waals surface area contributed by atoms with Gasteiger partial charge in [0.15, 0.2) is 0 Å². The first-order valence-corrected chi connectivity index (χ1v) is 6.66. The van der Waals surface area contributed by atoms with E-state index < -0.39 is 0 Å². The predicted octanol–water partition coefficient (Wildman–Crippen LogP) is 3.69. The molecule has 0 aliphatic carbocycles. The van der Waals surface area contributed by atoms with Crippen LogP contribution in [-0.4, -0.2) is 12.0 Å². The number of nitrogens with zero attached hydrogens (tertiary/aromatic N) is 1. The van der Waals surface area contributed by atoms with Crippen molar-refractivity contribution in [1.29, 1.82) is 0 Å². The molecule has 0 N–H and O–H groups in total. The van der Waals surface area contributed by atoms with E-state index in [1.165, 1.54) is 0 Å². The highest BCUT2D eigenvalue weighted by molar-refractivity contribution is 5.55. The minimum Gasteiger partial charge on any atom is -0.380 e. The van der Waals surface area contributed by atoms with Crippen molar-refractivity contribution < 1.29 is 9.66 Å². The van der Waals surface area contributed by atoms with E-state index in [9.17, 15) is 10.1 Å². The Bertz CT molecular complexity index is 635. The van der Waals surface area contributed by atoms with E-state index in [0.29, 0.717) is 13.0 Å². The smallest absolute Gasteiger partial charge is 0.251 e. The third-order valence-corrected chi connectivity index (χ3v) is 3.14. The van der Waals surface area contributed by atoms with Gasteiger partial charge < -0.3 is 4.74 Å². The van der Waals surface area contributed by atoms with E-state index in [0.717, 1.165) is 16.7 Å². The van der Waals surface area contributed by atoms with Crippen molar-refractivity contribution in [2.24, 2.45) is 0 Å². The molecule has 4 heteroatoms. The summed E-state index contributed by atoms with van der Waals surface area (Å²) in [6.45, 7) is 0.434. The van der Waals surface area contributed by atoms with Gasteiger partial charge in [-0.2, -0.15) is 0 Å². The molecule has 108 valence electrons. The Morgan fingerprint density at radius 3 is 2.48 bits per heavy atom. The molecule has 0 atom stereocenters. The van der Waals surface area contributed by atoms with Crippen LogP contribution in [-0.2, 0) is 17.8 Å². The number of nitro groups is 1. The van der Waals surface area contributed by atoms with Crippen LogP contribution >= 0.6 is 0 Å². The zero-order valence-electron chi connectivity index (χ0n) is 11.9. The quantitative estimate of drug-likeness (QED) is 0.600. The number of methoxy groups -OCH3 is 1. The second-order valence-corrected chi connectivity index (χ2v) is 4.69. The molecule has 4 nitrogen and oxygen atoms in total. The van der Waals surface area contributed by atoms with Gasteiger partial charge in [-0.15, -0.1) is 0 Å². The zero-order chi connectivity index (χ0) is 15.1. The van der Waals surface area contributed by atoms with Gasteiger partial charge in [0, 0.05) is 13.2 Å². The summed E-state index contributed by atoms with van der Waals surface area (Å²) in [4.78, 5) is 11.0. The van der Waals surface area contributed by atoms with E-state index in [-0.39, 0.29) is 10.6 Å². The fourth-order valence-corrected chi connectivity index (χ4v) is 2.11. The van der Waals surface area contributed by atoms with E-state index in [2.05, 4.69) is 0 Å². The fraction of sp³-hybridized carbons (Fsp3) is 0.176. The van der Waals surface area contributed by atoms with Crippen molar-refractivity contribution in [1.82, 2.24) is 0 Å². The second-order valence-electron chi connectivity index (χ2n) is 4.69. The van der Waals surface area contributed by atoms with Crippen LogP contribution in [0.2, 0.25) is 0 Å². The van der Waals surface area contributed by atoms with Crippen molar-refractivity contribution in [2.45, 2.75) is 13.0 Å². The van der Waals surface area contributed by atoms with Gasteiger partial charge in [-0.3, -0.25) is 10.1 Å². The van der Waals surface area contributed by atoms with Crippen LogP contribution in [0.5, 0.6) is 0 Å². The fourth-order valence-electron chi connectivity index (χ4n) is 2.11. The second kappa shape index (κ2) is 7.36. The first-order chi connectivity index (χ1) is 10.2. The van der Waals surface area contributed by atoms with Crippen LogP contribution in [0.3, 0.4) is 0 Å². The van der Waals surface area contributed by atoms with E-state index in [1.807, 2.05) is 54.6 Å². The summed E-state index contributed by atoms with van der Waals surface area (Å²) >= 11 is 0. The van der Waals surface area contributed by atoms with E-state index >= 15 is 0 Å². The Morgan fingerprint density at radius 1 is 1.14 bits per heavy atom. The lowest BCUT2D eigenvalue weighted by atomic mass is 10.0. The molecule has 2 aromatic carbocycles. The Labute approximate surface area is 123 Å². The van der Waals surface area contributed by atoms with Crippen molar-refractivity contribution in [2.75, 3.05) is 7.11 Å². The van der Waals surface area contributed by atoms with Crippen LogP contribution in [0.1, 0.15) is 16.7 Å². The number of hydrogen-bond acceptors (Lipinski definition) is 3.